The van der Waals surface area contributed by atoms with E-state index in [0.29, 0.717) is 18.0 Å². The molecule has 2 aromatic carbocycles. The second-order valence-electron chi connectivity index (χ2n) is 6.18. The molecular formula is C21H25FN2O4. The highest BCUT2D eigenvalue weighted by atomic mass is 19.1. The molecule has 0 saturated heterocycles. The van der Waals surface area contributed by atoms with E-state index in [1.165, 1.54) is 29.2 Å². The summed E-state index contributed by atoms with van der Waals surface area (Å²) in [6.07, 6.45) is 0. The summed E-state index contributed by atoms with van der Waals surface area (Å²) in [5, 5.41) is 2.73. The second kappa shape index (κ2) is 10.3. The summed E-state index contributed by atoms with van der Waals surface area (Å²) in [6.45, 7) is 3.95. The lowest BCUT2D eigenvalue weighted by Gasteiger charge is -2.28. The molecule has 0 saturated carbocycles. The highest BCUT2D eigenvalue weighted by Crippen LogP contribution is 2.16. The van der Waals surface area contributed by atoms with Crippen molar-refractivity contribution in [1.29, 1.82) is 0 Å². The first kappa shape index (κ1) is 21.2. The van der Waals surface area contributed by atoms with Crippen LogP contribution in [0.3, 0.4) is 0 Å². The minimum atomic E-state index is -0.675. The summed E-state index contributed by atoms with van der Waals surface area (Å²) in [4.78, 5) is 26.5. The van der Waals surface area contributed by atoms with Gasteiger partial charge in [0.15, 0.2) is 6.61 Å². The highest BCUT2D eigenvalue weighted by Gasteiger charge is 2.26. The first-order chi connectivity index (χ1) is 13.4. The molecular weight excluding hydrogens is 363 g/mol. The summed E-state index contributed by atoms with van der Waals surface area (Å²) in [5.74, 6) is 0.109. The van der Waals surface area contributed by atoms with Crippen LogP contribution in [-0.4, -0.2) is 43.0 Å². The zero-order valence-corrected chi connectivity index (χ0v) is 16.3. The molecule has 0 fully saturated rings. The molecule has 2 aromatic rings. The summed E-state index contributed by atoms with van der Waals surface area (Å²) in [6, 6.07) is 12.0. The third kappa shape index (κ3) is 5.97. The number of halogens is 1. The first-order valence-corrected chi connectivity index (χ1v) is 9.03. The number of rotatable bonds is 9. The van der Waals surface area contributed by atoms with Gasteiger partial charge in [0, 0.05) is 13.1 Å². The molecule has 0 spiro atoms. The Kier molecular flexibility index (Phi) is 7.80. The number of carbonyl (C=O) groups is 2. The number of hydrogen-bond donors (Lipinski definition) is 1. The molecule has 2 amide bonds. The Balaban J connectivity index is 2.11. The van der Waals surface area contributed by atoms with Crippen LogP contribution in [0.4, 0.5) is 4.39 Å². The molecule has 1 atom stereocenters. The van der Waals surface area contributed by atoms with Gasteiger partial charge in [0.2, 0.25) is 5.91 Å². The molecule has 0 heterocycles. The van der Waals surface area contributed by atoms with E-state index in [2.05, 4.69) is 5.32 Å². The van der Waals surface area contributed by atoms with Crippen LogP contribution in [0.5, 0.6) is 11.5 Å². The van der Waals surface area contributed by atoms with Crippen molar-refractivity contribution in [3.05, 3.63) is 59.9 Å². The predicted molar refractivity (Wildman–Crippen MR) is 104 cm³/mol. The predicted octanol–water partition coefficient (Wildman–Crippen LogP) is 2.77. The molecule has 0 radical (unpaired) electrons. The topological polar surface area (TPSA) is 67.9 Å². The van der Waals surface area contributed by atoms with Gasteiger partial charge < -0.3 is 19.7 Å². The van der Waals surface area contributed by atoms with Crippen LogP contribution in [0.15, 0.2) is 48.5 Å². The number of methoxy groups -OCH3 is 1. The van der Waals surface area contributed by atoms with Crippen molar-refractivity contribution in [3.63, 3.8) is 0 Å². The van der Waals surface area contributed by atoms with Crippen LogP contribution < -0.4 is 14.8 Å². The molecule has 6 nitrogen and oxygen atoms in total. The Hall–Kier alpha value is -3.09. The molecule has 1 unspecified atom stereocenters. The van der Waals surface area contributed by atoms with Gasteiger partial charge >= 0.3 is 0 Å². The van der Waals surface area contributed by atoms with Crippen molar-refractivity contribution in [2.75, 3.05) is 20.3 Å². The van der Waals surface area contributed by atoms with E-state index in [4.69, 9.17) is 9.47 Å². The largest absolute Gasteiger partial charge is 0.497 e. The summed E-state index contributed by atoms with van der Waals surface area (Å²) in [7, 11) is 1.58. The Morgan fingerprint density at radius 2 is 1.68 bits per heavy atom. The van der Waals surface area contributed by atoms with E-state index in [1.807, 2.05) is 19.1 Å². The van der Waals surface area contributed by atoms with E-state index in [-0.39, 0.29) is 30.8 Å². The average molecular weight is 388 g/mol. The van der Waals surface area contributed by atoms with Gasteiger partial charge in [0.25, 0.3) is 5.91 Å². The molecule has 0 bridgehead atoms. The number of amides is 2. The van der Waals surface area contributed by atoms with Crippen LogP contribution in [0.25, 0.3) is 0 Å². The van der Waals surface area contributed by atoms with Gasteiger partial charge in [0.05, 0.1) is 7.11 Å². The molecule has 7 heteroatoms. The number of ether oxygens (including phenoxy) is 2. The maximum atomic E-state index is 13.0. The van der Waals surface area contributed by atoms with E-state index >= 15 is 0 Å². The van der Waals surface area contributed by atoms with Crippen LogP contribution in [0.1, 0.15) is 19.4 Å². The molecule has 0 aliphatic heterocycles. The number of nitrogens with one attached hydrogen (secondary N) is 1. The maximum Gasteiger partial charge on any atom is 0.261 e. The lowest BCUT2D eigenvalue weighted by molar-refractivity contribution is -0.142. The number of benzene rings is 2. The summed E-state index contributed by atoms with van der Waals surface area (Å²) in [5.41, 5.74) is 0.854. The van der Waals surface area contributed by atoms with Crippen LogP contribution in [-0.2, 0) is 16.1 Å². The minimum absolute atomic E-state index is 0.244. The van der Waals surface area contributed by atoms with E-state index in [0.717, 1.165) is 5.56 Å². The minimum Gasteiger partial charge on any atom is -0.497 e. The third-order valence-electron chi connectivity index (χ3n) is 4.21. The fourth-order valence-corrected chi connectivity index (χ4v) is 2.59. The second-order valence-corrected chi connectivity index (χ2v) is 6.18. The average Bonchev–Trinajstić information content (AvgIpc) is 2.71. The Bertz CT molecular complexity index is 778. The Morgan fingerprint density at radius 1 is 1.07 bits per heavy atom. The normalized spacial score (nSPS) is 11.4. The van der Waals surface area contributed by atoms with Gasteiger partial charge in [-0.2, -0.15) is 0 Å². The van der Waals surface area contributed by atoms with Crippen LogP contribution in [0.2, 0.25) is 0 Å². The van der Waals surface area contributed by atoms with Crippen molar-refractivity contribution in [3.8, 4) is 11.5 Å². The van der Waals surface area contributed by atoms with E-state index < -0.39 is 6.04 Å². The van der Waals surface area contributed by atoms with Crippen LogP contribution >= 0.6 is 0 Å². The smallest absolute Gasteiger partial charge is 0.261 e. The molecule has 0 aliphatic carbocycles. The lowest BCUT2D eigenvalue weighted by Crippen LogP contribution is -2.49. The molecule has 0 aliphatic rings. The van der Waals surface area contributed by atoms with Crippen LogP contribution in [0, 0.1) is 5.82 Å². The fourth-order valence-electron chi connectivity index (χ4n) is 2.59. The lowest BCUT2D eigenvalue weighted by atomic mass is 10.1. The first-order valence-electron chi connectivity index (χ1n) is 9.03. The third-order valence-corrected chi connectivity index (χ3v) is 4.21. The Labute approximate surface area is 164 Å². The van der Waals surface area contributed by atoms with Crippen molar-refractivity contribution >= 4 is 11.8 Å². The molecule has 28 heavy (non-hydrogen) atoms. The van der Waals surface area contributed by atoms with Gasteiger partial charge in [-0.1, -0.05) is 12.1 Å². The zero-order valence-electron chi connectivity index (χ0n) is 16.3. The molecule has 150 valence electrons. The Morgan fingerprint density at radius 3 is 2.25 bits per heavy atom. The monoisotopic (exact) mass is 388 g/mol. The van der Waals surface area contributed by atoms with E-state index in [1.54, 1.807) is 26.2 Å². The zero-order chi connectivity index (χ0) is 20.5. The van der Waals surface area contributed by atoms with Crippen molar-refractivity contribution in [2.45, 2.75) is 26.4 Å². The maximum absolute atomic E-state index is 13.0. The number of likely N-dealkylation sites (N-methyl/N-ethyl adjacent to an activating group) is 1. The van der Waals surface area contributed by atoms with Gasteiger partial charge in [-0.05, 0) is 55.8 Å². The van der Waals surface area contributed by atoms with Gasteiger partial charge in [-0.3, -0.25) is 9.59 Å². The van der Waals surface area contributed by atoms with Gasteiger partial charge in [0.1, 0.15) is 23.4 Å². The van der Waals surface area contributed by atoms with Gasteiger partial charge in [-0.25, -0.2) is 4.39 Å². The standard InChI is InChI=1S/C21H25FN2O4/c1-4-23-21(26)15(2)24(13-16-5-9-18(27-3)10-6-16)20(25)14-28-19-11-7-17(22)8-12-19/h5-12,15H,4,13-14H2,1-3H3,(H,23,26). The van der Waals surface area contributed by atoms with E-state index in [9.17, 15) is 14.0 Å². The molecule has 0 aromatic heterocycles. The summed E-state index contributed by atoms with van der Waals surface area (Å²) < 4.78 is 23.6. The molecule has 1 N–H and O–H groups in total. The highest BCUT2D eigenvalue weighted by molar-refractivity contribution is 5.87. The summed E-state index contributed by atoms with van der Waals surface area (Å²) >= 11 is 0. The number of hydrogen-bond acceptors (Lipinski definition) is 4. The molecule has 2 rings (SSSR count). The fraction of sp³-hybridized carbons (Fsp3) is 0.333. The van der Waals surface area contributed by atoms with Crippen molar-refractivity contribution in [2.24, 2.45) is 0 Å². The van der Waals surface area contributed by atoms with Crippen molar-refractivity contribution in [1.82, 2.24) is 10.2 Å². The SMILES string of the molecule is CCNC(=O)C(C)N(Cc1ccc(OC)cc1)C(=O)COc1ccc(F)cc1. The van der Waals surface area contributed by atoms with Crippen molar-refractivity contribution < 1.29 is 23.5 Å². The quantitative estimate of drug-likeness (QED) is 0.717. The van der Waals surface area contributed by atoms with Gasteiger partial charge in [-0.15, -0.1) is 0 Å². The number of carbonyl (C=O) groups excluding carboxylic acids is 2. The number of nitrogens with zero attached hydrogens (tertiary/aromatic N) is 1.